The zero-order valence-corrected chi connectivity index (χ0v) is 11.0. The van der Waals surface area contributed by atoms with Gasteiger partial charge in [-0.25, -0.2) is 0 Å². The van der Waals surface area contributed by atoms with Crippen molar-refractivity contribution in [3.63, 3.8) is 0 Å². The molecule has 0 fully saturated rings. The second-order valence-corrected chi connectivity index (χ2v) is 6.15. The third kappa shape index (κ3) is 3.86. The molecule has 2 heteroatoms. The van der Waals surface area contributed by atoms with Crippen LogP contribution < -0.4 is 0 Å². The maximum absolute atomic E-state index is 4.49. The number of aromatic nitrogens is 1. The Morgan fingerprint density at radius 1 is 1.33 bits per heavy atom. The highest BCUT2D eigenvalue weighted by atomic mass is 32.2. The van der Waals surface area contributed by atoms with Crippen molar-refractivity contribution in [2.24, 2.45) is 5.41 Å². The van der Waals surface area contributed by atoms with Crippen LogP contribution in [0, 0.1) is 5.41 Å². The molecule has 0 saturated heterocycles. The monoisotopic (exact) mass is 223 g/mol. The smallest absolute Gasteiger partial charge is 0.0447 e. The number of hydrogen-bond acceptors (Lipinski definition) is 2. The van der Waals surface area contributed by atoms with Crippen molar-refractivity contribution < 1.29 is 0 Å². The highest BCUT2D eigenvalue weighted by Crippen LogP contribution is 2.36. The van der Waals surface area contributed by atoms with Crippen LogP contribution in [0.3, 0.4) is 0 Å². The fourth-order valence-electron chi connectivity index (χ4n) is 1.60. The first-order valence-corrected chi connectivity index (χ1v) is 6.70. The molecule has 0 saturated carbocycles. The summed E-state index contributed by atoms with van der Waals surface area (Å²) < 4.78 is 0. The van der Waals surface area contributed by atoms with Crippen LogP contribution in [0.1, 0.15) is 39.3 Å². The van der Waals surface area contributed by atoms with E-state index in [-0.39, 0.29) is 5.41 Å². The largest absolute Gasteiger partial charge is 0.261 e. The van der Waals surface area contributed by atoms with Gasteiger partial charge in [0, 0.05) is 23.6 Å². The summed E-state index contributed by atoms with van der Waals surface area (Å²) in [5.41, 5.74) is 1.52. The van der Waals surface area contributed by atoms with Gasteiger partial charge in [-0.15, -0.1) is 0 Å². The number of hydrogen-bond donors (Lipinski definition) is 0. The van der Waals surface area contributed by atoms with Crippen LogP contribution >= 0.6 is 11.8 Å². The molecule has 0 N–H and O–H groups in total. The molecule has 0 aliphatic heterocycles. The van der Waals surface area contributed by atoms with Crippen molar-refractivity contribution in [2.75, 3.05) is 11.5 Å². The highest BCUT2D eigenvalue weighted by Gasteiger charge is 2.26. The number of pyridine rings is 1. The molecular formula is C13H21NS. The quantitative estimate of drug-likeness (QED) is 0.766. The van der Waals surface area contributed by atoms with Crippen LogP contribution in [0.25, 0.3) is 0 Å². The van der Waals surface area contributed by atoms with E-state index in [4.69, 9.17) is 0 Å². The summed E-state index contributed by atoms with van der Waals surface area (Å²) in [5.74, 6) is 2.89. The highest BCUT2D eigenvalue weighted by molar-refractivity contribution is 7.99. The van der Waals surface area contributed by atoms with E-state index in [0.29, 0.717) is 5.92 Å². The third-order valence-electron chi connectivity index (χ3n) is 2.58. The predicted octanol–water partition coefficient (Wildman–Crippen LogP) is 3.96. The lowest BCUT2D eigenvalue weighted by Gasteiger charge is -2.30. The van der Waals surface area contributed by atoms with Crippen molar-refractivity contribution >= 4 is 11.8 Å². The van der Waals surface area contributed by atoms with Gasteiger partial charge in [0.05, 0.1) is 0 Å². The SMILES string of the molecule is CCSCC(c1ccccn1)C(C)(C)C. The zero-order valence-electron chi connectivity index (χ0n) is 10.2. The van der Waals surface area contributed by atoms with Crippen molar-refractivity contribution in [1.82, 2.24) is 4.98 Å². The minimum Gasteiger partial charge on any atom is -0.261 e. The van der Waals surface area contributed by atoms with Gasteiger partial charge in [0.1, 0.15) is 0 Å². The molecule has 0 amide bonds. The molecule has 0 radical (unpaired) electrons. The van der Waals surface area contributed by atoms with E-state index in [1.54, 1.807) is 0 Å². The molecule has 15 heavy (non-hydrogen) atoms. The van der Waals surface area contributed by atoms with Crippen molar-refractivity contribution in [2.45, 2.75) is 33.6 Å². The van der Waals surface area contributed by atoms with Gasteiger partial charge >= 0.3 is 0 Å². The Morgan fingerprint density at radius 2 is 2.07 bits per heavy atom. The fourth-order valence-corrected chi connectivity index (χ4v) is 2.74. The van der Waals surface area contributed by atoms with Crippen molar-refractivity contribution in [3.8, 4) is 0 Å². The Labute approximate surface area is 97.7 Å². The van der Waals surface area contributed by atoms with Gasteiger partial charge < -0.3 is 0 Å². The summed E-state index contributed by atoms with van der Waals surface area (Å²) in [6, 6.07) is 6.21. The zero-order chi connectivity index (χ0) is 11.3. The Kier molecular flexibility index (Phi) is 4.65. The average molecular weight is 223 g/mol. The van der Waals surface area contributed by atoms with Crippen molar-refractivity contribution in [3.05, 3.63) is 30.1 Å². The lowest BCUT2D eigenvalue weighted by Crippen LogP contribution is -2.21. The van der Waals surface area contributed by atoms with Gasteiger partial charge in [0.25, 0.3) is 0 Å². The van der Waals surface area contributed by atoms with Crippen LogP contribution in [-0.4, -0.2) is 16.5 Å². The van der Waals surface area contributed by atoms with E-state index >= 15 is 0 Å². The van der Waals surface area contributed by atoms with Gasteiger partial charge in [0.2, 0.25) is 0 Å². The van der Waals surface area contributed by atoms with E-state index in [2.05, 4.69) is 44.8 Å². The molecular weight excluding hydrogens is 202 g/mol. The maximum Gasteiger partial charge on any atom is 0.0447 e. The van der Waals surface area contributed by atoms with Gasteiger partial charge in [-0.05, 0) is 23.3 Å². The van der Waals surface area contributed by atoms with E-state index in [9.17, 15) is 0 Å². The number of thioether (sulfide) groups is 1. The second-order valence-electron chi connectivity index (χ2n) is 4.83. The van der Waals surface area contributed by atoms with E-state index in [1.807, 2.05) is 24.0 Å². The fraction of sp³-hybridized carbons (Fsp3) is 0.615. The molecule has 1 unspecified atom stereocenters. The summed E-state index contributed by atoms with van der Waals surface area (Å²) in [6.07, 6.45) is 1.89. The van der Waals surface area contributed by atoms with Gasteiger partial charge in [0.15, 0.2) is 0 Å². The van der Waals surface area contributed by atoms with E-state index < -0.39 is 0 Å². The lowest BCUT2D eigenvalue weighted by atomic mass is 9.80. The van der Waals surface area contributed by atoms with Crippen LogP contribution in [0.4, 0.5) is 0 Å². The summed E-state index contributed by atoms with van der Waals surface area (Å²) in [4.78, 5) is 4.49. The second kappa shape index (κ2) is 5.55. The standard InChI is InChI=1S/C13H21NS/c1-5-15-10-11(13(2,3)4)12-8-6-7-9-14-12/h6-9,11H,5,10H2,1-4H3. The van der Waals surface area contributed by atoms with Gasteiger partial charge in [-0.1, -0.05) is 33.8 Å². The summed E-state index contributed by atoms with van der Waals surface area (Å²) in [5, 5.41) is 0. The molecule has 1 nitrogen and oxygen atoms in total. The third-order valence-corrected chi connectivity index (χ3v) is 3.56. The summed E-state index contributed by atoms with van der Waals surface area (Å²) >= 11 is 2.00. The number of rotatable bonds is 4. The number of nitrogens with zero attached hydrogens (tertiary/aromatic N) is 1. The predicted molar refractivity (Wildman–Crippen MR) is 69.4 cm³/mol. The minimum atomic E-state index is 0.288. The Hall–Kier alpha value is -0.500. The minimum absolute atomic E-state index is 0.288. The molecule has 84 valence electrons. The summed E-state index contributed by atoms with van der Waals surface area (Å²) in [7, 11) is 0. The summed E-state index contributed by atoms with van der Waals surface area (Å²) in [6.45, 7) is 9.09. The molecule has 0 spiro atoms. The molecule has 1 aromatic heterocycles. The van der Waals surface area contributed by atoms with Crippen LogP contribution in [0.15, 0.2) is 24.4 Å². The van der Waals surface area contributed by atoms with Crippen LogP contribution in [0.2, 0.25) is 0 Å². The lowest BCUT2D eigenvalue weighted by molar-refractivity contribution is 0.338. The molecule has 1 rings (SSSR count). The topological polar surface area (TPSA) is 12.9 Å². The van der Waals surface area contributed by atoms with Gasteiger partial charge in [-0.3, -0.25) is 4.98 Å². The molecule has 0 aliphatic rings. The molecule has 0 bridgehead atoms. The molecule has 1 heterocycles. The first-order chi connectivity index (χ1) is 7.05. The van der Waals surface area contributed by atoms with Crippen molar-refractivity contribution in [1.29, 1.82) is 0 Å². The average Bonchev–Trinajstić information content (AvgIpc) is 2.18. The first-order valence-electron chi connectivity index (χ1n) is 5.54. The molecule has 0 aliphatic carbocycles. The maximum atomic E-state index is 4.49. The Bertz CT molecular complexity index is 276. The Balaban J connectivity index is 2.82. The van der Waals surface area contributed by atoms with E-state index in [1.165, 1.54) is 11.4 Å². The molecule has 0 aromatic carbocycles. The van der Waals surface area contributed by atoms with Crippen LogP contribution in [-0.2, 0) is 0 Å². The Morgan fingerprint density at radius 3 is 2.53 bits per heavy atom. The molecule has 1 atom stereocenters. The first kappa shape index (κ1) is 12.6. The van der Waals surface area contributed by atoms with E-state index in [0.717, 1.165) is 5.75 Å². The normalized spacial score (nSPS) is 13.9. The molecule has 1 aromatic rings. The van der Waals surface area contributed by atoms with Gasteiger partial charge in [-0.2, -0.15) is 11.8 Å². The van der Waals surface area contributed by atoms with Crippen LogP contribution in [0.5, 0.6) is 0 Å².